The summed E-state index contributed by atoms with van der Waals surface area (Å²) in [5, 5.41) is 12.3. The van der Waals surface area contributed by atoms with Crippen molar-refractivity contribution in [2.24, 2.45) is 0 Å². The minimum absolute atomic E-state index is 0.0365. The molecule has 1 saturated heterocycles. The van der Waals surface area contributed by atoms with Gasteiger partial charge in [0.2, 0.25) is 0 Å². The first kappa shape index (κ1) is 15.2. The highest BCUT2D eigenvalue weighted by Gasteiger charge is 2.28. The molecular weight excluding hydrogens is 280 g/mol. The molecule has 0 unspecified atom stereocenters. The second kappa shape index (κ2) is 7.01. The van der Waals surface area contributed by atoms with Crippen molar-refractivity contribution in [2.45, 2.75) is 50.8 Å². The summed E-state index contributed by atoms with van der Waals surface area (Å²) >= 11 is 0. The van der Waals surface area contributed by atoms with E-state index < -0.39 is 0 Å². The Morgan fingerprint density at radius 2 is 2.09 bits per heavy atom. The van der Waals surface area contributed by atoms with E-state index in [4.69, 9.17) is 4.74 Å². The normalized spacial score (nSPS) is 21.5. The van der Waals surface area contributed by atoms with Gasteiger partial charge in [0.25, 0.3) is 0 Å². The Bertz CT molecular complexity index is 516. The van der Waals surface area contributed by atoms with Gasteiger partial charge >= 0.3 is 6.03 Å². The van der Waals surface area contributed by atoms with Gasteiger partial charge in [0, 0.05) is 18.7 Å². The minimum atomic E-state index is -0.102. The first-order valence-electron chi connectivity index (χ1n) is 8.18. The first-order chi connectivity index (χ1) is 10.8. The van der Waals surface area contributed by atoms with Crippen LogP contribution in [0.15, 0.2) is 24.3 Å². The number of urea groups is 1. The van der Waals surface area contributed by atoms with Crippen LogP contribution < -0.4 is 10.1 Å². The molecule has 120 valence electrons. The molecule has 0 radical (unpaired) electrons. The number of hydrogen-bond acceptors (Lipinski definition) is 3. The molecule has 0 spiro atoms. The van der Waals surface area contributed by atoms with Crippen LogP contribution in [0.4, 0.5) is 4.79 Å². The van der Waals surface area contributed by atoms with Crippen molar-refractivity contribution in [1.29, 1.82) is 0 Å². The van der Waals surface area contributed by atoms with E-state index in [0.29, 0.717) is 12.6 Å². The van der Waals surface area contributed by atoms with Gasteiger partial charge in [-0.15, -0.1) is 0 Å². The van der Waals surface area contributed by atoms with Crippen LogP contribution in [0, 0.1) is 0 Å². The van der Waals surface area contributed by atoms with Gasteiger partial charge in [-0.25, -0.2) is 4.79 Å². The van der Waals surface area contributed by atoms with Crippen molar-refractivity contribution in [3.8, 4) is 5.75 Å². The Morgan fingerprint density at radius 1 is 1.27 bits per heavy atom. The Labute approximate surface area is 131 Å². The van der Waals surface area contributed by atoms with Crippen molar-refractivity contribution in [1.82, 2.24) is 10.2 Å². The summed E-state index contributed by atoms with van der Waals surface area (Å²) in [7, 11) is 0. The highest BCUT2D eigenvalue weighted by Crippen LogP contribution is 2.27. The van der Waals surface area contributed by atoms with Crippen molar-refractivity contribution in [2.75, 3.05) is 13.2 Å². The summed E-state index contributed by atoms with van der Waals surface area (Å²) in [6.07, 6.45) is 5.64. The number of hydrogen-bond donors (Lipinski definition) is 2. The monoisotopic (exact) mass is 304 g/mol. The van der Waals surface area contributed by atoms with E-state index in [1.54, 1.807) is 4.90 Å². The van der Waals surface area contributed by atoms with Crippen LogP contribution in [-0.4, -0.2) is 41.3 Å². The van der Waals surface area contributed by atoms with Gasteiger partial charge in [-0.2, -0.15) is 0 Å². The molecule has 2 fully saturated rings. The lowest BCUT2D eigenvalue weighted by Gasteiger charge is -2.28. The van der Waals surface area contributed by atoms with Crippen LogP contribution in [0.3, 0.4) is 0 Å². The number of carbonyl (C=O) groups excluding carboxylic acids is 1. The van der Waals surface area contributed by atoms with Crippen LogP contribution in [0.2, 0.25) is 0 Å². The van der Waals surface area contributed by atoms with Crippen molar-refractivity contribution < 1.29 is 14.6 Å². The number of para-hydroxylation sites is 1. The number of amides is 2. The fourth-order valence-corrected chi connectivity index (χ4v) is 3.00. The Balaban J connectivity index is 1.57. The maximum absolute atomic E-state index is 12.3. The third kappa shape index (κ3) is 3.35. The highest BCUT2D eigenvalue weighted by atomic mass is 16.5. The van der Waals surface area contributed by atoms with Crippen LogP contribution in [0.1, 0.15) is 37.7 Å². The molecule has 22 heavy (non-hydrogen) atoms. The molecule has 2 N–H and O–H groups in total. The number of rotatable bonds is 5. The maximum atomic E-state index is 12.3. The molecule has 0 bridgehead atoms. The van der Waals surface area contributed by atoms with E-state index in [0.717, 1.165) is 43.5 Å². The SMILES string of the molecule is O=C(NCc1ccccc1OC1CCC1)N1CCC[C@H]1CO. The van der Waals surface area contributed by atoms with E-state index in [-0.39, 0.29) is 18.7 Å². The number of nitrogens with one attached hydrogen (secondary N) is 1. The lowest BCUT2D eigenvalue weighted by Crippen LogP contribution is -2.43. The summed E-state index contributed by atoms with van der Waals surface area (Å²) in [6, 6.07) is 7.73. The molecule has 2 amide bonds. The summed E-state index contributed by atoms with van der Waals surface area (Å²) in [4.78, 5) is 14.0. The molecule has 5 nitrogen and oxygen atoms in total. The van der Waals surface area contributed by atoms with Crippen LogP contribution in [0.25, 0.3) is 0 Å². The van der Waals surface area contributed by atoms with Gasteiger partial charge in [-0.1, -0.05) is 18.2 Å². The minimum Gasteiger partial charge on any atom is -0.490 e. The van der Waals surface area contributed by atoms with E-state index in [2.05, 4.69) is 5.32 Å². The molecule has 1 aliphatic carbocycles. The molecular formula is C17H24N2O3. The fraction of sp³-hybridized carbons (Fsp3) is 0.588. The van der Waals surface area contributed by atoms with E-state index in [1.165, 1.54) is 6.42 Å². The fourth-order valence-electron chi connectivity index (χ4n) is 3.00. The van der Waals surface area contributed by atoms with Crippen LogP contribution >= 0.6 is 0 Å². The van der Waals surface area contributed by atoms with Crippen molar-refractivity contribution >= 4 is 6.03 Å². The molecule has 1 saturated carbocycles. The smallest absolute Gasteiger partial charge is 0.317 e. The van der Waals surface area contributed by atoms with Gasteiger partial charge in [0.15, 0.2) is 0 Å². The highest BCUT2D eigenvalue weighted by molar-refractivity contribution is 5.75. The third-order valence-corrected chi connectivity index (χ3v) is 4.60. The molecule has 1 aromatic carbocycles. The second-order valence-corrected chi connectivity index (χ2v) is 6.11. The lowest BCUT2D eigenvalue weighted by molar-refractivity contribution is 0.119. The second-order valence-electron chi connectivity index (χ2n) is 6.11. The number of likely N-dealkylation sites (tertiary alicyclic amines) is 1. The summed E-state index contributed by atoms with van der Waals surface area (Å²) in [5.41, 5.74) is 1.00. The zero-order valence-corrected chi connectivity index (χ0v) is 12.8. The maximum Gasteiger partial charge on any atom is 0.317 e. The van der Waals surface area contributed by atoms with Gasteiger partial charge in [-0.05, 0) is 38.2 Å². The zero-order valence-electron chi connectivity index (χ0n) is 12.8. The first-order valence-corrected chi connectivity index (χ1v) is 8.18. The van der Waals surface area contributed by atoms with Crippen LogP contribution in [0.5, 0.6) is 5.75 Å². The Hall–Kier alpha value is -1.75. The van der Waals surface area contributed by atoms with E-state index in [1.807, 2.05) is 24.3 Å². The molecule has 1 heterocycles. The molecule has 2 aliphatic rings. The standard InChI is InChI=1S/C17H24N2O3/c20-12-14-6-4-10-19(14)17(21)18-11-13-5-1-2-9-16(13)22-15-7-3-8-15/h1-2,5,9,14-15,20H,3-4,6-8,10-12H2,(H,18,21)/t14-/m0/s1. The van der Waals surface area contributed by atoms with Gasteiger partial charge in [0.1, 0.15) is 5.75 Å². The largest absolute Gasteiger partial charge is 0.490 e. The number of ether oxygens (including phenoxy) is 1. The molecule has 1 atom stereocenters. The lowest BCUT2D eigenvalue weighted by atomic mass is 9.96. The Morgan fingerprint density at radius 3 is 2.82 bits per heavy atom. The third-order valence-electron chi connectivity index (χ3n) is 4.60. The predicted molar refractivity (Wildman–Crippen MR) is 83.8 cm³/mol. The number of nitrogens with zero attached hydrogens (tertiary/aromatic N) is 1. The number of carbonyl (C=O) groups is 1. The number of aliphatic hydroxyl groups excluding tert-OH is 1. The molecule has 3 rings (SSSR count). The average molecular weight is 304 g/mol. The van der Waals surface area contributed by atoms with Gasteiger partial charge in [-0.3, -0.25) is 0 Å². The van der Waals surface area contributed by atoms with Crippen molar-refractivity contribution in [3.63, 3.8) is 0 Å². The topological polar surface area (TPSA) is 61.8 Å². The van der Waals surface area contributed by atoms with Crippen LogP contribution in [-0.2, 0) is 6.54 Å². The quantitative estimate of drug-likeness (QED) is 0.877. The number of benzene rings is 1. The van der Waals surface area contributed by atoms with E-state index >= 15 is 0 Å². The van der Waals surface area contributed by atoms with Crippen molar-refractivity contribution in [3.05, 3.63) is 29.8 Å². The molecule has 0 aromatic heterocycles. The summed E-state index contributed by atoms with van der Waals surface area (Å²) < 4.78 is 5.98. The molecule has 5 heteroatoms. The Kier molecular flexibility index (Phi) is 4.83. The zero-order chi connectivity index (χ0) is 15.4. The molecule has 1 aliphatic heterocycles. The van der Waals surface area contributed by atoms with Gasteiger partial charge < -0.3 is 20.1 Å². The summed E-state index contributed by atoms with van der Waals surface area (Å²) in [6.45, 7) is 1.21. The van der Waals surface area contributed by atoms with E-state index in [9.17, 15) is 9.90 Å². The summed E-state index contributed by atoms with van der Waals surface area (Å²) in [5.74, 6) is 0.868. The number of aliphatic hydroxyl groups is 1. The predicted octanol–water partition coefficient (Wildman–Crippen LogP) is 2.28. The average Bonchev–Trinajstić information content (AvgIpc) is 2.98. The molecule has 1 aromatic rings. The van der Waals surface area contributed by atoms with Gasteiger partial charge in [0.05, 0.1) is 18.8 Å².